The van der Waals surface area contributed by atoms with Crippen molar-refractivity contribution in [3.8, 4) is 0 Å². The molecule has 0 heterocycles. The number of hydrogen-bond donors (Lipinski definition) is 1. The Labute approximate surface area is 67.3 Å². The highest BCUT2D eigenvalue weighted by Gasteiger charge is 2.18. The van der Waals surface area contributed by atoms with E-state index in [1.807, 2.05) is 20.8 Å². The Morgan fingerprint density at radius 3 is 2.27 bits per heavy atom. The number of rotatable bonds is 1. The molecule has 0 aromatic carbocycles. The molecule has 0 saturated heterocycles. The smallest absolute Gasteiger partial charge is 0.411 e. The average Bonchev–Trinajstić information content (AvgIpc) is 1.82. The number of ether oxygens (including phenoxy) is 1. The van der Waals surface area contributed by atoms with Crippen LogP contribution in [0.1, 0.15) is 20.8 Å². The molecule has 4 nitrogen and oxygen atoms in total. The van der Waals surface area contributed by atoms with Crippen LogP contribution in [0.25, 0.3) is 0 Å². The zero-order chi connectivity index (χ0) is 9.07. The van der Waals surface area contributed by atoms with Crippen LogP contribution in [0.3, 0.4) is 0 Å². The van der Waals surface area contributed by atoms with Crippen molar-refractivity contribution < 1.29 is 9.53 Å². The van der Waals surface area contributed by atoms with E-state index in [-0.39, 0.29) is 12.8 Å². The van der Waals surface area contributed by atoms with Gasteiger partial charge in [-0.25, -0.2) is 4.79 Å². The lowest BCUT2D eigenvalue weighted by atomic mass is 10.2. The van der Waals surface area contributed by atoms with Gasteiger partial charge in [0.1, 0.15) is 5.60 Å². The first-order valence-electron chi connectivity index (χ1n) is 3.51. The molecule has 66 valence electrons. The number of carbonyl (C=O) groups is 1. The predicted molar refractivity (Wildman–Crippen MR) is 43.1 cm³/mol. The standard InChI is InChI=1S/C7H16N2O2/c1-7(2,3)11-6(10)9(4)5-8/h5,8H2,1-4H3. The van der Waals surface area contributed by atoms with Crippen molar-refractivity contribution in [1.82, 2.24) is 4.90 Å². The van der Waals surface area contributed by atoms with Gasteiger partial charge in [0, 0.05) is 7.05 Å². The molecule has 0 atom stereocenters. The van der Waals surface area contributed by atoms with E-state index in [2.05, 4.69) is 0 Å². The molecule has 0 saturated carbocycles. The minimum Gasteiger partial charge on any atom is -0.444 e. The number of amides is 1. The van der Waals surface area contributed by atoms with E-state index in [4.69, 9.17) is 10.5 Å². The van der Waals surface area contributed by atoms with Gasteiger partial charge < -0.3 is 10.5 Å². The topological polar surface area (TPSA) is 55.6 Å². The summed E-state index contributed by atoms with van der Waals surface area (Å²) in [5.41, 5.74) is 4.77. The van der Waals surface area contributed by atoms with Gasteiger partial charge in [-0.2, -0.15) is 0 Å². The molecule has 0 bridgehead atoms. The highest BCUT2D eigenvalue weighted by molar-refractivity contribution is 5.67. The second-order valence-corrected chi connectivity index (χ2v) is 3.36. The highest BCUT2D eigenvalue weighted by Crippen LogP contribution is 2.08. The van der Waals surface area contributed by atoms with Crippen LogP contribution in [0, 0.1) is 0 Å². The second kappa shape index (κ2) is 3.57. The Morgan fingerprint density at radius 1 is 1.55 bits per heavy atom. The Morgan fingerprint density at radius 2 is 2.00 bits per heavy atom. The lowest BCUT2D eigenvalue weighted by Crippen LogP contribution is -2.37. The first-order valence-corrected chi connectivity index (χ1v) is 3.51. The summed E-state index contributed by atoms with van der Waals surface area (Å²) >= 11 is 0. The van der Waals surface area contributed by atoms with Crippen LogP contribution < -0.4 is 5.73 Å². The molecule has 1 amide bonds. The summed E-state index contributed by atoms with van der Waals surface area (Å²) in [6.45, 7) is 5.62. The molecule has 0 radical (unpaired) electrons. The maximum absolute atomic E-state index is 11.0. The Bertz CT molecular complexity index is 140. The molecule has 0 aromatic heterocycles. The van der Waals surface area contributed by atoms with Crippen LogP contribution in [-0.4, -0.2) is 30.3 Å². The summed E-state index contributed by atoms with van der Waals surface area (Å²) in [5, 5.41) is 0. The van der Waals surface area contributed by atoms with Crippen LogP contribution in [-0.2, 0) is 4.74 Å². The number of nitrogens with zero attached hydrogens (tertiary/aromatic N) is 1. The SMILES string of the molecule is CN(CN)C(=O)OC(C)(C)C. The molecule has 0 aliphatic rings. The molecular formula is C7H16N2O2. The van der Waals surface area contributed by atoms with Crippen molar-refractivity contribution in [2.45, 2.75) is 26.4 Å². The van der Waals surface area contributed by atoms with E-state index >= 15 is 0 Å². The normalized spacial score (nSPS) is 11.0. The summed E-state index contributed by atoms with van der Waals surface area (Å²) < 4.78 is 5.00. The van der Waals surface area contributed by atoms with Gasteiger partial charge in [-0.1, -0.05) is 0 Å². The second-order valence-electron chi connectivity index (χ2n) is 3.36. The van der Waals surface area contributed by atoms with Gasteiger partial charge in [0.25, 0.3) is 0 Å². The number of carbonyl (C=O) groups excluding carboxylic acids is 1. The predicted octanol–water partition coefficient (Wildman–Crippen LogP) is 0.769. The molecule has 2 N–H and O–H groups in total. The van der Waals surface area contributed by atoms with E-state index in [0.29, 0.717) is 0 Å². The highest BCUT2D eigenvalue weighted by atomic mass is 16.6. The molecule has 0 aromatic rings. The molecule has 0 aliphatic heterocycles. The van der Waals surface area contributed by atoms with Gasteiger partial charge in [-0.05, 0) is 20.8 Å². The van der Waals surface area contributed by atoms with Gasteiger partial charge >= 0.3 is 6.09 Å². The van der Waals surface area contributed by atoms with Gasteiger partial charge in [-0.3, -0.25) is 4.90 Å². The largest absolute Gasteiger partial charge is 0.444 e. The van der Waals surface area contributed by atoms with Gasteiger partial charge in [0.2, 0.25) is 0 Å². The Balaban J connectivity index is 3.88. The van der Waals surface area contributed by atoms with Crippen LogP contribution in [0.5, 0.6) is 0 Å². The van der Waals surface area contributed by atoms with Crippen LogP contribution >= 0.6 is 0 Å². The van der Waals surface area contributed by atoms with E-state index < -0.39 is 5.60 Å². The monoisotopic (exact) mass is 160 g/mol. The molecular weight excluding hydrogens is 144 g/mol. The maximum Gasteiger partial charge on any atom is 0.411 e. The number of nitrogens with two attached hydrogens (primary N) is 1. The fourth-order valence-electron chi connectivity index (χ4n) is 0.414. The summed E-state index contributed by atoms with van der Waals surface area (Å²) in [6, 6.07) is 0. The van der Waals surface area contributed by atoms with Crippen molar-refractivity contribution in [3.05, 3.63) is 0 Å². The first kappa shape index (κ1) is 10.2. The fourth-order valence-corrected chi connectivity index (χ4v) is 0.414. The van der Waals surface area contributed by atoms with Crippen molar-refractivity contribution >= 4 is 6.09 Å². The summed E-state index contributed by atoms with van der Waals surface area (Å²) in [4.78, 5) is 12.3. The zero-order valence-corrected chi connectivity index (χ0v) is 7.55. The van der Waals surface area contributed by atoms with E-state index in [1.165, 1.54) is 4.90 Å². The average molecular weight is 160 g/mol. The van der Waals surface area contributed by atoms with E-state index in [0.717, 1.165) is 0 Å². The molecule has 0 unspecified atom stereocenters. The van der Waals surface area contributed by atoms with Gasteiger partial charge in [0.15, 0.2) is 0 Å². The minimum absolute atomic E-state index is 0.176. The molecule has 0 fully saturated rings. The van der Waals surface area contributed by atoms with Crippen molar-refractivity contribution in [3.63, 3.8) is 0 Å². The quantitative estimate of drug-likeness (QED) is 0.576. The van der Waals surface area contributed by atoms with E-state index in [1.54, 1.807) is 7.05 Å². The Kier molecular flexibility index (Phi) is 3.32. The lowest BCUT2D eigenvalue weighted by Gasteiger charge is -2.23. The van der Waals surface area contributed by atoms with Crippen LogP contribution in [0.2, 0.25) is 0 Å². The maximum atomic E-state index is 11.0. The van der Waals surface area contributed by atoms with Crippen LogP contribution in [0.4, 0.5) is 4.79 Å². The molecule has 0 rings (SSSR count). The fraction of sp³-hybridized carbons (Fsp3) is 0.857. The summed E-state index contributed by atoms with van der Waals surface area (Å²) in [6.07, 6.45) is -0.389. The van der Waals surface area contributed by atoms with Crippen molar-refractivity contribution in [2.75, 3.05) is 13.7 Å². The molecule has 0 spiro atoms. The van der Waals surface area contributed by atoms with E-state index in [9.17, 15) is 4.79 Å². The van der Waals surface area contributed by atoms with Crippen molar-refractivity contribution in [2.24, 2.45) is 5.73 Å². The minimum atomic E-state index is -0.444. The third-order valence-electron chi connectivity index (χ3n) is 0.979. The zero-order valence-electron chi connectivity index (χ0n) is 7.55. The number of hydrogen-bond acceptors (Lipinski definition) is 3. The van der Waals surface area contributed by atoms with Crippen LogP contribution in [0.15, 0.2) is 0 Å². The Hall–Kier alpha value is -0.770. The molecule has 0 aliphatic carbocycles. The summed E-state index contributed by atoms with van der Waals surface area (Å²) in [5.74, 6) is 0. The van der Waals surface area contributed by atoms with Gasteiger partial charge in [-0.15, -0.1) is 0 Å². The molecule has 4 heteroatoms. The molecule has 11 heavy (non-hydrogen) atoms. The first-order chi connectivity index (χ1) is 4.87. The lowest BCUT2D eigenvalue weighted by molar-refractivity contribution is 0.0303. The van der Waals surface area contributed by atoms with Crippen molar-refractivity contribution in [1.29, 1.82) is 0 Å². The third-order valence-corrected chi connectivity index (χ3v) is 0.979. The van der Waals surface area contributed by atoms with Gasteiger partial charge in [0.05, 0.1) is 6.67 Å². The summed E-state index contributed by atoms with van der Waals surface area (Å²) in [7, 11) is 1.59. The third kappa shape index (κ3) is 4.61.